The molecule has 0 aliphatic carbocycles. The predicted octanol–water partition coefficient (Wildman–Crippen LogP) is 2.63. The van der Waals surface area contributed by atoms with E-state index in [9.17, 15) is 0 Å². The summed E-state index contributed by atoms with van der Waals surface area (Å²) >= 11 is 1.86. The van der Waals surface area contributed by atoms with Crippen LogP contribution < -0.4 is 5.32 Å². The minimum absolute atomic E-state index is 0.797. The van der Waals surface area contributed by atoms with Crippen molar-refractivity contribution in [1.82, 2.24) is 10.2 Å². The number of nitrogens with one attached hydrogen (secondary N) is 1. The zero-order valence-corrected chi connectivity index (χ0v) is 11.1. The van der Waals surface area contributed by atoms with Gasteiger partial charge in [0.2, 0.25) is 0 Å². The summed E-state index contributed by atoms with van der Waals surface area (Å²) in [6.45, 7) is 9.17. The van der Waals surface area contributed by atoms with E-state index in [1.807, 2.05) is 11.3 Å². The van der Waals surface area contributed by atoms with Crippen LogP contribution in [0.15, 0.2) is 11.4 Å². The highest BCUT2D eigenvalue weighted by Gasteiger charge is 2.18. The number of hydrogen-bond acceptors (Lipinski definition) is 3. The Morgan fingerprint density at radius 1 is 1.56 bits per heavy atom. The van der Waals surface area contributed by atoms with E-state index in [2.05, 4.69) is 35.5 Å². The van der Waals surface area contributed by atoms with Crippen LogP contribution in [-0.2, 0) is 6.54 Å². The smallest absolute Gasteiger partial charge is 0.0302 e. The Morgan fingerprint density at radius 2 is 2.44 bits per heavy atom. The number of thiophene rings is 1. The maximum atomic E-state index is 3.54. The molecule has 1 saturated heterocycles. The van der Waals surface area contributed by atoms with Crippen molar-refractivity contribution < 1.29 is 0 Å². The van der Waals surface area contributed by atoms with Gasteiger partial charge < -0.3 is 5.32 Å². The molecule has 1 fully saturated rings. The topological polar surface area (TPSA) is 15.3 Å². The summed E-state index contributed by atoms with van der Waals surface area (Å²) < 4.78 is 0. The third kappa shape index (κ3) is 3.06. The van der Waals surface area contributed by atoms with Gasteiger partial charge in [-0.15, -0.1) is 11.3 Å². The van der Waals surface area contributed by atoms with Crippen LogP contribution in [0.4, 0.5) is 0 Å². The summed E-state index contributed by atoms with van der Waals surface area (Å²) in [5.74, 6) is 0. The average Bonchev–Trinajstić information content (AvgIpc) is 2.84. The molecule has 0 saturated carbocycles. The fourth-order valence-corrected chi connectivity index (χ4v) is 3.21. The van der Waals surface area contributed by atoms with Crippen LogP contribution >= 0.6 is 11.3 Å². The van der Waals surface area contributed by atoms with Gasteiger partial charge in [-0.2, -0.15) is 0 Å². The van der Waals surface area contributed by atoms with Crippen molar-refractivity contribution in [3.63, 3.8) is 0 Å². The van der Waals surface area contributed by atoms with E-state index in [-0.39, 0.29) is 0 Å². The Morgan fingerprint density at radius 3 is 3.06 bits per heavy atom. The highest BCUT2D eigenvalue weighted by Crippen LogP contribution is 2.16. The first kappa shape index (κ1) is 12.1. The molecule has 1 aliphatic rings. The molecule has 90 valence electrons. The second-order valence-electron chi connectivity index (χ2n) is 4.73. The van der Waals surface area contributed by atoms with Gasteiger partial charge >= 0.3 is 0 Å². The maximum absolute atomic E-state index is 3.54. The first-order valence-corrected chi connectivity index (χ1v) is 7.13. The lowest BCUT2D eigenvalue weighted by atomic mass is 10.2. The minimum atomic E-state index is 0.797. The Kier molecular flexibility index (Phi) is 4.38. The lowest BCUT2D eigenvalue weighted by Crippen LogP contribution is -2.34. The molecular formula is C13H22N2S. The quantitative estimate of drug-likeness (QED) is 0.793. The molecule has 2 rings (SSSR count). The van der Waals surface area contributed by atoms with E-state index in [0.29, 0.717) is 0 Å². The Balaban J connectivity index is 1.63. The molecule has 0 bridgehead atoms. The van der Waals surface area contributed by atoms with Crippen LogP contribution in [0, 0.1) is 6.92 Å². The molecule has 2 nitrogen and oxygen atoms in total. The standard InChI is InChI=1S/C13H22N2S/c1-11-5-9-16-13(11)10-14-6-8-15-7-3-4-12(15)2/h5,9,12,14H,3-4,6-8,10H2,1-2H3. The Labute approximate surface area is 103 Å². The second-order valence-corrected chi connectivity index (χ2v) is 5.73. The number of likely N-dealkylation sites (tertiary alicyclic amines) is 1. The Bertz CT molecular complexity index is 321. The summed E-state index contributed by atoms with van der Waals surface area (Å²) in [7, 11) is 0. The first-order valence-electron chi connectivity index (χ1n) is 6.25. The third-order valence-electron chi connectivity index (χ3n) is 3.52. The van der Waals surface area contributed by atoms with Crippen LogP contribution in [0.25, 0.3) is 0 Å². The molecule has 1 unspecified atom stereocenters. The first-order chi connectivity index (χ1) is 7.77. The van der Waals surface area contributed by atoms with Gasteiger partial charge in [-0.1, -0.05) is 0 Å². The number of rotatable bonds is 5. The van der Waals surface area contributed by atoms with Crippen molar-refractivity contribution in [2.75, 3.05) is 19.6 Å². The number of hydrogen-bond donors (Lipinski definition) is 1. The van der Waals surface area contributed by atoms with Crippen LogP contribution in [0.2, 0.25) is 0 Å². The van der Waals surface area contributed by atoms with Gasteiger partial charge in [-0.05, 0) is 50.2 Å². The van der Waals surface area contributed by atoms with E-state index in [4.69, 9.17) is 0 Å². The molecule has 1 aromatic heterocycles. The molecular weight excluding hydrogens is 216 g/mol. The van der Waals surface area contributed by atoms with Crippen molar-refractivity contribution in [3.05, 3.63) is 21.9 Å². The number of aryl methyl sites for hydroxylation is 1. The maximum Gasteiger partial charge on any atom is 0.0302 e. The van der Waals surface area contributed by atoms with Gasteiger partial charge in [0.05, 0.1) is 0 Å². The van der Waals surface area contributed by atoms with E-state index < -0.39 is 0 Å². The largest absolute Gasteiger partial charge is 0.311 e. The zero-order valence-electron chi connectivity index (χ0n) is 10.3. The highest BCUT2D eigenvalue weighted by molar-refractivity contribution is 7.10. The predicted molar refractivity (Wildman–Crippen MR) is 71.0 cm³/mol. The SMILES string of the molecule is Cc1ccsc1CNCCN1CCCC1C. The van der Waals surface area contributed by atoms with E-state index in [1.165, 1.54) is 36.4 Å². The van der Waals surface area contributed by atoms with Crippen molar-refractivity contribution >= 4 is 11.3 Å². The molecule has 2 heterocycles. The zero-order chi connectivity index (χ0) is 11.4. The molecule has 0 spiro atoms. The van der Waals surface area contributed by atoms with Gasteiger partial charge in [0.25, 0.3) is 0 Å². The summed E-state index contributed by atoms with van der Waals surface area (Å²) in [6.07, 6.45) is 2.76. The van der Waals surface area contributed by atoms with Gasteiger partial charge in [0.15, 0.2) is 0 Å². The van der Waals surface area contributed by atoms with Gasteiger partial charge in [-0.25, -0.2) is 0 Å². The second kappa shape index (κ2) is 5.80. The molecule has 0 radical (unpaired) electrons. The Hall–Kier alpha value is -0.380. The molecule has 0 amide bonds. The molecule has 0 aromatic carbocycles. The van der Waals surface area contributed by atoms with Gasteiger partial charge in [0.1, 0.15) is 0 Å². The van der Waals surface area contributed by atoms with Crippen molar-refractivity contribution in [1.29, 1.82) is 0 Å². The summed E-state index contributed by atoms with van der Waals surface area (Å²) in [5.41, 5.74) is 1.42. The van der Waals surface area contributed by atoms with Crippen molar-refractivity contribution in [2.45, 2.75) is 39.3 Å². The molecule has 1 aliphatic heterocycles. The van der Waals surface area contributed by atoms with Gasteiger partial charge in [-0.3, -0.25) is 4.90 Å². The molecule has 3 heteroatoms. The molecule has 1 N–H and O–H groups in total. The fourth-order valence-electron chi connectivity index (χ4n) is 2.33. The van der Waals surface area contributed by atoms with E-state index >= 15 is 0 Å². The highest BCUT2D eigenvalue weighted by atomic mass is 32.1. The summed E-state index contributed by atoms with van der Waals surface area (Å²) in [5, 5.41) is 5.72. The molecule has 1 aromatic rings. The molecule has 1 atom stereocenters. The van der Waals surface area contributed by atoms with Crippen molar-refractivity contribution in [3.8, 4) is 0 Å². The normalized spacial score (nSPS) is 21.8. The van der Waals surface area contributed by atoms with Gasteiger partial charge in [0, 0.05) is 30.6 Å². The third-order valence-corrected chi connectivity index (χ3v) is 4.54. The average molecular weight is 238 g/mol. The van der Waals surface area contributed by atoms with Crippen LogP contribution in [-0.4, -0.2) is 30.6 Å². The fraction of sp³-hybridized carbons (Fsp3) is 0.692. The molecule has 16 heavy (non-hydrogen) atoms. The monoisotopic (exact) mass is 238 g/mol. The lowest BCUT2D eigenvalue weighted by molar-refractivity contribution is 0.268. The van der Waals surface area contributed by atoms with E-state index in [0.717, 1.165) is 19.1 Å². The van der Waals surface area contributed by atoms with Crippen molar-refractivity contribution in [2.24, 2.45) is 0 Å². The minimum Gasteiger partial charge on any atom is -0.311 e. The number of nitrogens with zero attached hydrogens (tertiary/aromatic N) is 1. The van der Waals surface area contributed by atoms with Crippen LogP contribution in [0.5, 0.6) is 0 Å². The summed E-state index contributed by atoms with van der Waals surface area (Å²) in [4.78, 5) is 4.07. The van der Waals surface area contributed by atoms with Crippen LogP contribution in [0.1, 0.15) is 30.2 Å². The van der Waals surface area contributed by atoms with Crippen LogP contribution in [0.3, 0.4) is 0 Å². The lowest BCUT2D eigenvalue weighted by Gasteiger charge is -2.20. The van der Waals surface area contributed by atoms with E-state index in [1.54, 1.807) is 0 Å². The summed E-state index contributed by atoms with van der Waals surface area (Å²) in [6, 6.07) is 3.00.